The van der Waals surface area contributed by atoms with Crippen molar-refractivity contribution >= 4 is 5.97 Å². The first-order valence-electron chi connectivity index (χ1n) is 21.7. The van der Waals surface area contributed by atoms with Gasteiger partial charge in [-0.2, -0.15) is 0 Å². The zero-order chi connectivity index (χ0) is 36.8. The van der Waals surface area contributed by atoms with Gasteiger partial charge in [-0.3, -0.25) is 0 Å². The van der Waals surface area contributed by atoms with E-state index in [4.69, 9.17) is 28.4 Å². The molecule has 0 aromatic rings. The van der Waals surface area contributed by atoms with Gasteiger partial charge in [-0.15, -0.1) is 0 Å². The van der Waals surface area contributed by atoms with Crippen LogP contribution < -0.4 is 0 Å². The lowest BCUT2D eigenvalue weighted by Crippen LogP contribution is -2.65. The molecule has 1 N–H and O–H groups in total. The molecule has 3 saturated heterocycles. The lowest BCUT2D eigenvalue weighted by molar-refractivity contribution is -0.262. The first-order chi connectivity index (χ1) is 25.1. The van der Waals surface area contributed by atoms with Crippen molar-refractivity contribution < 1.29 is 38.3 Å². The van der Waals surface area contributed by atoms with Gasteiger partial charge in [0.05, 0.1) is 63.0 Å². The molecule has 2 atom stereocenters. The van der Waals surface area contributed by atoms with Crippen molar-refractivity contribution in [2.45, 2.75) is 174 Å². The fraction of sp³-hybridized carbons (Fsp3) is 0.932. The van der Waals surface area contributed by atoms with Gasteiger partial charge in [-0.05, 0) is 103 Å². The molecule has 8 heteroatoms. The van der Waals surface area contributed by atoms with Gasteiger partial charge >= 0.3 is 5.97 Å². The minimum atomic E-state index is -0.873. The van der Waals surface area contributed by atoms with Crippen LogP contribution >= 0.6 is 0 Å². The molecular formula is C44H74O8. The number of hydrogen-bond acceptors (Lipinski definition) is 7. The summed E-state index contributed by atoms with van der Waals surface area (Å²) in [5.74, 6) is 0.281. The van der Waals surface area contributed by atoms with Crippen LogP contribution in [-0.2, 0) is 33.2 Å². The van der Waals surface area contributed by atoms with Gasteiger partial charge in [0.25, 0.3) is 0 Å². The van der Waals surface area contributed by atoms with Crippen molar-refractivity contribution in [2.24, 2.45) is 27.6 Å². The number of aliphatic carboxylic acids is 1. The number of carbonyl (C=O) groups is 1. The second-order valence-electron chi connectivity index (χ2n) is 19.1. The maximum Gasteiger partial charge on any atom is 0.334 e. The first-order valence-corrected chi connectivity index (χ1v) is 21.7. The third-order valence-electron chi connectivity index (χ3n) is 14.4. The highest BCUT2D eigenvalue weighted by Crippen LogP contribution is 2.68. The number of rotatable bonds is 26. The molecule has 2 unspecified atom stereocenters. The number of carboxylic acid groups (broad SMARTS) is 1. The molecule has 7 fully saturated rings. The average molecular weight is 731 g/mol. The Hall–Kier alpha value is -1.19. The summed E-state index contributed by atoms with van der Waals surface area (Å²) in [6.07, 6.45) is 23.1. The Morgan fingerprint density at radius 2 is 1.00 bits per heavy atom. The molecular weight excluding hydrogens is 656 g/mol. The zero-order valence-corrected chi connectivity index (χ0v) is 33.6. The standard InChI is InChI=1S/C44H74O8/c1-5-8-14-39(29-47-30-39)17-11-20-50-37(35(4)38(45)46)42-23-36-24-43(26-42,51-21-12-18-40(15-9-6-2)31-48-32-40)28-44(25-36,27-42)52-22-13-19-41(16-10-7-3)33-49-34-41/h36H,5-34H2,1-4H3,(H,45,46). The lowest BCUT2D eigenvalue weighted by Gasteiger charge is -2.66. The molecule has 4 aliphatic carbocycles. The monoisotopic (exact) mass is 731 g/mol. The Morgan fingerprint density at radius 1 is 0.596 bits per heavy atom. The second kappa shape index (κ2) is 17.3. The molecule has 3 aliphatic heterocycles. The van der Waals surface area contributed by atoms with Gasteiger partial charge in [0, 0.05) is 41.3 Å². The number of allylic oxidation sites excluding steroid dienone is 1. The van der Waals surface area contributed by atoms with E-state index >= 15 is 0 Å². The quantitative estimate of drug-likeness (QED) is 0.0535. The van der Waals surface area contributed by atoms with Crippen LogP contribution in [-0.4, -0.2) is 81.7 Å². The van der Waals surface area contributed by atoms with Gasteiger partial charge in [-0.25, -0.2) is 4.79 Å². The predicted molar refractivity (Wildman–Crippen MR) is 203 cm³/mol. The van der Waals surface area contributed by atoms with Crippen LogP contribution in [0.2, 0.25) is 0 Å². The van der Waals surface area contributed by atoms with Crippen molar-refractivity contribution in [3.8, 4) is 0 Å². The SMILES string of the molecule is CCCCC1(CCCOC(=C(C)C(=O)O)C23CC4CC(OCCCC5(CCCC)COC5)(CC(OCCCC5(CCCC)COC5)(C4)C2)C3)COC1. The Labute approximate surface area is 315 Å². The summed E-state index contributed by atoms with van der Waals surface area (Å²) in [6, 6.07) is 0. The Kier molecular flexibility index (Phi) is 13.5. The van der Waals surface area contributed by atoms with Gasteiger partial charge in [0.2, 0.25) is 0 Å². The summed E-state index contributed by atoms with van der Waals surface area (Å²) < 4.78 is 38.1. The summed E-state index contributed by atoms with van der Waals surface area (Å²) in [5, 5.41) is 10.5. The van der Waals surface area contributed by atoms with Crippen LogP contribution in [0.4, 0.5) is 0 Å². The molecule has 7 aliphatic rings. The minimum Gasteiger partial charge on any atom is -0.497 e. The van der Waals surface area contributed by atoms with Gasteiger partial charge in [0.15, 0.2) is 0 Å². The maximum atomic E-state index is 12.7. The van der Waals surface area contributed by atoms with Gasteiger partial charge < -0.3 is 33.5 Å². The summed E-state index contributed by atoms with van der Waals surface area (Å²) in [6.45, 7) is 15.8. The topological polar surface area (TPSA) is 92.7 Å². The smallest absolute Gasteiger partial charge is 0.334 e. The molecule has 0 aromatic heterocycles. The molecule has 8 nitrogen and oxygen atoms in total. The molecule has 4 saturated carbocycles. The van der Waals surface area contributed by atoms with Crippen molar-refractivity contribution in [1.29, 1.82) is 0 Å². The summed E-state index contributed by atoms with van der Waals surface area (Å²) in [5.41, 5.74) is 0.295. The molecule has 7 rings (SSSR count). The number of unbranched alkanes of at least 4 members (excludes halogenated alkanes) is 3. The average Bonchev–Trinajstić information content (AvgIpc) is 3.06. The van der Waals surface area contributed by atoms with E-state index < -0.39 is 5.97 Å². The largest absolute Gasteiger partial charge is 0.497 e. The van der Waals surface area contributed by atoms with Crippen LogP contribution in [0.3, 0.4) is 0 Å². The molecule has 0 amide bonds. The molecule has 0 aromatic carbocycles. The molecule has 52 heavy (non-hydrogen) atoms. The molecule has 298 valence electrons. The van der Waals surface area contributed by atoms with E-state index in [9.17, 15) is 9.90 Å². The highest BCUT2D eigenvalue weighted by Gasteiger charge is 2.66. The van der Waals surface area contributed by atoms with E-state index in [1.165, 1.54) is 57.8 Å². The fourth-order valence-corrected chi connectivity index (χ4v) is 11.8. The summed E-state index contributed by atoms with van der Waals surface area (Å²) >= 11 is 0. The van der Waals surface area contributed by atoms with Crippen LogP contribution in [0, 0.1) is 27.6 Å². The van der Waals surface area contributed by atoms with E-state index in [0.717, 1.165) is 130 Å². The Balaban J connectivity index is 1.17. The third-order valence-corrected chi connectivity index (χ3v) is 14.4. The maximum absolute atomic E-state index is 12.7. The van der Waals surface area contributed by atoms with Gasteiger partial charge in [-0.1, -0.05) is 59.3 Å². The lowest BCUT2D eigenvalue weighted by atomic mass is 9.45. The zero-order valence-electron chi connectivity index (χ0n) is 33.6. The van der Waals surface area contributed by atoms with Crippen LogP contribution in [0.25, 0.3) is 0 Å². The van der Waals surface area contributed by atoms with E-state index in [1.54, 1.807) is 6.92 Å². The third kappa shape index (κ3) is 9.09. The second-order valence-corrected chi connectivity index (χ2v) is 19.1. The number of carboxylic acids is 1. The predicted octanol–water partition coefficient (Wildman–Crippen LogP) is 9.82. The molecule has 0 spiro atoms. The molecule has 0 radical (unpaired) electrons. The van der Waals surface area contributed by atoms with Crippen molar-refractivity contribution in [3.63, 3.8) is 0 Å². The summed E-state index contributed by atoms with van der Waals surface area (Å²) in [4.78, 5) is 12.7. The molecule has 3 heterocycles. The van der Waals surface area contributed by atoms with Crippen molar-refractivity contribution in [2.75, 3.05) is 59.5 Å². The van der Waals surface area contributed by atoms with Crippen LogP contribution in [0.1, 0.15) is 163 Å². The van der Waals surface area contributed by atoms with E-state index in [2.05, 4.69) is 20.8 Å². The van der Waals surface area contributed by atoms with E-state index in [-0.39, 0.29) is 22.0 Å². The normalized spacial score (nSPS) is 32.4. The van der Waals surface area contributed by atoms with Crippen molar-refractivity contribution in [1.82, 2.24) is 0 Å². The highest BCUT2D eigenvalue weighted by atomic mass is 16.5. The van der Waals surface area contributed by atoms with Gasteiger partial charge in [0.1, 0.15) is 5.76 Å². The van der Waals surface area contributed by atoms with Crippen LogP contribution in [0.15, 0.2) is 11.3 Å². The highest BCUT2D eigenvalue weighted by molar-refractivity contribution is 5.86. The fourth-order valence-electron chi connectivity index (χ4n) is 11.8. The van der Waals surface area contributed by atoms with Crippen molar-refractivity contribution in [3.05, 3.63) is 11.3 Å². The molecule has 4 bridgehead atoms. The van der Waals surface area contributed by atoms with E-state index in [0.29, 0.717) is 34.7 Å². The first kappa shape index (κ1) is 40.5. The Bertz CT molecular complexity index is 1150. The van der Waals surface area contributed by atoms with E-state index in [1.807, 2.05) is 0 Å². The Morgan fingerprint density at radius 3 is 1.37 bits per heavy atom. The number of ether oxygens (including phenoxy) is 6. The summed E-state index contributed by atoms with van der Waals surface area (Å²) in [7, 11) is 0. The minimum absolute atomic E-state index is 0.267. The van der Waals surface area contributed by atoms with Crippen LogP contribution in [0.5, 0.6) is 0 Å². The number of hydrogen-bond donors (Lipinski definition) is 1.